The highest BCUT2D eigenvalue weighted by atomic mass is 28.4. The zero-order valence-corrected chi connectivity index (χ0v) is 15.0. The van der Waals surface area contributed by atoms with Crippen LogP contribution >= 0.6 is 0 Å². The summed E-state index contributed by atoms with van der Waals surface area (Å²) in [5.74, 6) is 0.379. The number of benzene rings is 1. The smallest absolute Gasteiger partial charge is 0.328 e. The lowest BCUT2D eigenvalue weighted by atomic mass is 10.1. The summed E-state index contributed by atoms with van der Waals surface area (Å²) in [7, 11) is -3.64. The Morgan fingerprint density at radius 1 is 1.00 bits per heavy atom. The Morgan fingerprint density at radius 3 is 2.05 bits per heavy atom. The molecule has 0 aliphatic rings. The molecule has 1 aromatic rings. The van der Waals surface area contributed by atoms with Crippen molar-refractivity contribution in [3.8, 4) is 5.75 Å². The topological polar surface area (TPSA) is 35.5 Å². The van der Waals surface area contributed by atoms with Crippen LogP contribution < -0.4 is 4.43 Å². The first-order valence-electron chi connectivity index (χ1n) is 6.51. The summed E-state index contributed by atoms with van der Waals surface area (Å²) in [5, 5.41) is 0. The average Bonchev–Trinajstić information content (AvgIpc) is 2.16. The van der Waals surface area contributed by atoms with Crippen molar-refractivity contribution in [3.63, 3.8) is 0 Å². The second kappa shape index (κ2) is 5.50. The van der Waals surface area contributed by atoms with Gasteiger partial charge in [0.05, 0.1) is 5.56 Å². The van der Waals surface area contributed by atoms with Gasteiger partial charge in [-0.1, -0.05) is 11.6 Å². The van der Waals surface area contributed by atoms with Gasteiger partial charge >= 0.3 is 5.97 Å². The van der Waals surface area contributed by atoms with Gasteiger partial charge in [0.2, 0.25) is 16.6 Å². The molecule has 19 heavy (non-hydrogen) atoms. The highest BCUT2D eigenvalue weighted by Crippen LogP contribution is 2.25. The number of hydrogen-bond acceptors (Lipinski definition) is 3. The van der Waals surface area contributed by atoms with Gasteiger partial charge in [-0.15, -0.1) is 0 Å². The van der Waals surface area contributed by atoms with Crippen molar-refractivity contribution in [1.82, 2.24) is 0 Å². The second-order valence-electron chi connectivity index (χ2n) is 6.72. The van der Waals surface area contributed by atoms with Gasteiger partial charge in [-0.05, 0) is 58.3 Å². The quantitative estimate of drug-likeness (QED) is 0.781. The summed E-state index contributed by atoms with van der Waals surface area (Å²) in [5.41, 5.74) is 1.58. The van der Waals surface area contributed by atoms with Crippen LogP contribution in [-0.2, 0) is 4.43 Å². The second-order valence-corrected chi connectivity index (χ2v) is 15.6. The first-order valence-corrected chi connectivity index (χ1v) is 13.3. The van der Waals surface area contributed by atoms with Crippen molar-refractivity contribution < 1.29 is 13.6 Å². The van der Waals surface area contributed by atoms with Crippen LogP contribution in [0.3, 0.4) is 0 Å². The number of aryl methyl sites for hydroxylation is 1. The van der Waals surface area contributed by atoms with E-state index in [1.54, 1.807) is 0 Å². The molecular weight excluding hydrogens is 272 g/mol. The number of carbonyl (C=O) groups is 1. The minimum Gasteiger partial charge on any atom is -0.544 e. The summed E-state index contributed by atoms with van der Waals surface area (Å²) in [4.78, 5) is 12.3. The standard InChI is InChI=1S/C14H24O3Si2/c1-11-8-9-13(16-18(2,3)4)12(10-11)14(15)17-19(5,6)7/h8-10H,1-7H3. The molecule has 5 heteroatoms. The Bertz CT molecular complexity index is 471. The summed E-state index contributed by atoms with van der Waals surface area (Å²) in [6.07, 6.45) is 0. The third-order valence-electron chi connectivity index (χ3n) is 2.17. The summed E-state index contributed by atoms with van der Waals surface area (Å²) >= 11 is 0. The highest BCUT2D eigenvalue weighted by molar-refractivity contribution is 6.71. The Kier molecular flexibility index (Phi) is 4.63. The minimum atomic E-state index is -1.90. The lowest BCUT2D eigenvalue weighted by molar-refractivity contribution is 0.0722. The molecule has 0 heterocycles. The van der Waals surface area contributed by atoms with Crippen molar-refractivity contribution in [2.45, 2.75) is 46.2 Å². The molecule has 106 valence electrons. The molecule has 0 saturated carbocycles. The van der Waals surface area contributed by atoms with E-state index < -0.39 is 16.6 Å². The summed E-state index contributed by atoms with van der Waals surface area (Å²) < 4.78 is 11.5. The third-order valence-corrected chi connectivity index (χ3v) is 3.80. The van der Waals surface area contributed by atoms with E-state index in [9.17, 15) is 4.79 Å². The molecule has 1 aromatic carbocycles. The van der Waals surface area contributed by atoms with Gasteiger partial charge in [0.1, 0.15) is 5.75 Å². The van der Waals surface area contributed by atoms with E-state index in [2.05, 4.69) is 19.6 Å². The van der Waals surface area contributed by atoms with E-state index in [1.165, 1.54) is 0 Å². The molecule has 0 saturated heterocycles. The van der Waals surface area contributed by atoms with Crippen LogP contribution in [0.25, 0.3) is 0 Å². The largest absolute Gasteiger partial charge is 0.544 e. The van der Waals surface area contributed by atoms with Crippen molar-refractivity contribution >= 4 is 22.6 Å². The molecule has 0 aliphatic heterocycles. The summed E-state index contributed by atoms with van der Waals surface area (Å²) in [6, 6.07) is 5.67. The van der Waals surface area contributed by atoms with Gasteiger partial charge in [0, 0.05) is 0 Å². The minimum absolute atomic E-state index is 0.267. The molecule has 1 rings (SSSR count). The van der Waals surface area contributed by atoms with Crippen molar-refractivity contribution in [2.24, 2.45) is 0 Å². The van der Waals surface area contributed by atoms with E-state index in [0.29, 0.717) is 11.3 Å². The van der Waals surface area contributed by atoms with E-state index in [4.69, 9.17) is 8.85 Å². The molecule has 0 radical (unpaired) electrons. The highest BCUT2D eigenvalue weighted by Gasteiger charge is 2.25. The predicted octanol–water partition coefficient (Wildman–Crippen LogP) is 4.20. The number of carbonyl (C=O) groups excluding carboxylic acids is 1. The fourth-order valence-corrected chi connectivity index (χ4v) is 3.06. The maximum Gasteiger partial charge on any atom is 0.328 e. The fourth-order valence-electron chi connectivity index (χ4n) is 1.56. The van der Waals surface area contributed by atoms with E-state index in [1.807, 2.05) is 44.8 Å². The zero-order chi connectivity index (χ0) is 14.8. The van der Waals surface area contributed by atoms with Crippen molar-refractivity contribution in [2.75, 3.05) is 0 Å². The Hall–Kier alpha value is -1.08. The molecule has 0 N–H and O–H groups in total. The monoisotopic (exact) mass is 296 g/mol. The first-order chi connectivity index (χ1) is 8.48. The van der Waals surface area contributed by atoms with Crippen LogP contribution in [0, 0.1) is 6.92 Å². The lowest BCUT2D eigenvalue weighted by Crippen LogP contribution is -2.32. The van der Waals surface area contributed by atoms with Crippen molar-refractivity contribution in [1.29, 1.82) is 0 Å². The van der Waals surface area contributed by atoms with Crippen LogP contribution in [0.2, 0.25) is 39.3 Å². The number of hydrogen-bond donors (Lipinski definition) is 0. The number of rotatable bonds is 4. The summed E-state index contributed by atoms with van der Waals surface area (Å²) in [6.45, 7) is 14.3. The Labute approximate surface area is 118 Å². The predicted molar refractivity (Wildman–Crippen MR) is 83.9 cm³/mol. The molecule has 0 amide bonds. The molecule has 0 atom stereocenters. The van der Waals surface area contributed by atoms with Crippen molar-refractivity contribution in [3.05, 3.63) is 29.3 Å². The van der Waals surface area contributed by atoms with Crippen LogP contribution in [0.15, 0.2) is 18.2 Å². The van der Waals surface area contributed by atoms with Crippen LogP contribution in [-0.4, -0.2) is 22.6 Å². The molecule has 0 spiro atoms. The van der Waals surface area contributed by atoms with E-state index in [-0.39, 0.29) is 5.97 Å². The van der Waals surface area contributed by atoms with Gasteiger partial charge in [0.15, 0.2) is 0 Å². The van der Waals surface area contributed by atoms with E-state index in [0.717, 1.165) is 5.56 Å². The normalized spacial score (nSPS) is 12.2. The van der Waals surface area contributed by atoms with Gasteiger partial charge in [-0.3, -0.25) is 0 Å². The maximum atomic E-state index is 12.3. The van der Waals surface area contributed by atoms with Gasteiger partial charge in [-0.25, -0.2) is 4.79 Å². The molecular formula is C14H24O3Si2. The molecule has 0 fully saturated rings. The molecule has 0 aliphatic carbocycles. The Morgan fingerprint density at radius 2 is 1.58 bits per heavy atom. The third kappa shape index (κ3) is 5.61. The van der Waals surface area contributed by atoms with Crippen LogP contribution in [0.1, 0.15) is 15.9 Å². The lowest BCUT2D eigenvalue weighted by Gasteiger charge is -2.23. The molecule has 0 unspecified atom stereocenters. The Balaban J connectivity index is 3.10. The van der Waals surface area contributed by atoms with E-state index >= 15 is 0 Å². The van der Waals surface area contributed by atoms with Crippen LogP contribution in [0.5, 0.6) is 5.75 Å². The van der Waals surface area contributed by atoms with Crippen LogP contribution in [0.4, 0.5) is 0 Å². The molecule has 0 bridgehead atoms. The first kappa shape index (κ1) is 16.0. The SMILES string of the molecule is Cc1ccc(O[Si](C)(C)C)c(C(=O)O[Si](C)(C)C)c1. The molecule has 0 aromatic heterocycles. The van der Waals surface area contributed by atoms with Gasteiger partial charge < -0.3 is 8.85 Å². The van der Waals surface area contributed by atoms with Gasteiger partial charge in [-0.2, -0.15) is 0 Å². The molecule has 3 nitrogen and oxygen atoms in total. The van der Waals surface area contributed by atoms with Gasteiger partial charge in [0.25, 0.3) is 0 Å². The maximum absolute atomic E-state index is 12.3. The average molecular weight is 297 g/mol. The fraction of sp³-hybridized carbons (Fsp3) is 0.500. The zero-order valence-electron chi connectivity index (χ0n) is 13.0.